The Hall–Kier alpha value is -1.88. The van der Waals surface area contributed by atoms with Crippen LogP contribution in [0.1, 0.15) is 49.7 Å². The van der Waals surface area contributed by atoms with Crippen molar-refractivity contribution in [3.8, 4) is 0 Å². The van der Waals surface area contributed by atoms with E-state index in [1.807, 2.05) is 54.6 Å². The minimum atomic E-state index is -1.11. The molecule has 4 nitrogen and oxygen atoms in total. The van der Waals surface area contributed by atoms with Crippen LogP contribution in [0, 0.1) is 5.92 Å². The van der Waals surface area contributed by atoms with Gasteiger partial charge in [0.2, 0.25) is 5.91 Å². The number of hydrogen-bond acceptors (Lipinski definition) is 3. The average molecular weight is 428 g/mol. The van der Waals surface area contributed by atoms with Gasteiger partial charge in [0, 0.05) is 18.2 Å². The molecule has 1 saturated carbocycles. The molecule has 4 rings (SSSR count). The van der Waals surface area contributed by atoms with E-state index >= 15 is 0 Å². The van der Waals surface area contributed by atoms with E-state index in [4.69, 9.17) is 16.3 Å². The van der Waals surface area contributed by atoms with Crippen molar-refractivity contribution in [1.29, 1.82) is 0 Å². The quantitative estimate of drug-likeness (QED) is 0.709. The van der Waals surface area contributed by atoms with Gasteiger partial charge in [-0.05, 0) is 54.9 Å². The van der Waals surface area contributed by atoms with Gasteiger partial charge in [0.15, 0.2) is 0 Å². The molecular weight excluding hydrogens is 398 g/mol. The normalized spacial score (nSPS) is 21.1. The molecule has 5 heteroatoms. The van der Waals surface area contributed by atoms with Crippen molar-refractivity contribution in [2.24, 2.45) is 5.92 Å². The lowest BCUT2D eigenvalue weighted by atomic mass is 9.75. The van der Waals surface area contributed by atoms with Crippen LogP contribution in [0.3, 0.4) is 0 Å². The number of carbonyl (C=O) groups is 1. The maximum atomic E-state index is 13.5. The van der Waals surface area contributed by atoms with Crippen molar-refractivity contribution in [1.82, 2.24) is 5.32 Å². The molecule has 2 N–H and O–H groups in total. The summed E-state index contributed by atoms with van der Waals surface area (Å²) in [5.74, 6) is 0.0488. The van der Waals surface area contributed by atoms with E-state index in [1.165, 1.54) is 0 Å². The highest BCUT2D eigenvalue weighted by molar-refractivity contribution is 6.30. The van der Waals surface area contributed by atoms with Crippen LogP contribution in [-0.4, -0.2) is 30.8 Å². The average Bonchev–Trinajstić information content (AvgIpc) is 3.30. The van der Waals surface area contributed by atoms with E-state index in [-0.39, 0.29) is 18.4 Å². The summed E-state index contributed by atoms with van der Waals surface area (Å²) >= 11 is 6.07. The Morgan fingerprint density at radius 1 is 1.07 bits per heavy atom. The Morgan fingerprint density at radius 3 is 2.33 bits per heavy atom. The summed E-state index contributed by atoms with van der Waals surface area (Å²) in [7, 11) is 0. The van der Waals surface area contributed by atoms with Crippen LogP contribution >= 0.6 is 11.6 Å². The fraction of sp³-hybridized carbons (Fsp3) is 0.480. The smallest absolute Gasteiger partial charge is 0.230 e. The summed E-state index contributed by atoms with van der Waals surface area (Å²) in [5, 5.41) is 15.6. The lowest BCUT2D eigenvalue weighted by Crippen LogP contribution is -2.51. The second-order valence-electron chi connectivity index (χ2n) is 8.66. The summed E-state index contributed by atoms with van der Waals surface area (Å²) in [6, 6.07) is 17.4. The highest BCUT2D eigenvalue weighted by Crippen LogP contribution is 2.42. The molecule has 2 fully saturated rings. The Morgan fingerprint density at radius 2 is 1.70 bits per heavy atom. The molecule has 1 heterocycles. The van der Waals surface area contributed by atoms with E-state index < -0.39 is 11.0 Å². The van der Waals surface area contributed by atoms with Crippen LogP contribution in [0.15, 0.2) is 54.6 Å². The first kappa shape index (κ1) is 21.4. The molecule has 160 valence electrons. The zero-order valence-corrected chi connectivity index (χ0v) is 18.0. The number of ether oxygens (including phenoxy) is 1. The molecule has 1 aliphatic heterocycles. The second-order valence-corrected chi connectivity index (χ2v) is 9.09. The predicted octanol–water partition coefficient (Wildman–Crippen LogP) is 4.58. The predicted molar refractivity (Wildman–Crippen MR) is 118 cm³/mol. The molecule has 1 atom stereocenters. The summed E-state index contributed by atoms with van der Waals surface area (Å²) in [6.45, 7) is 1.49. The van der Waals surface area contributed by atoms with Crippen LogP contribution in [0.5, 0.6) is 0 Å². The molecule has 2 aromatic carbocycles. The van der Waals surface area contributed by atoms with E-state index in [9.17, 15) is 9.90 Å². The SMILES string of the molecule is O=C(NCC(O)(c1ccccc1)C1CCOCC1)C1(c2ccc(Cl)cc2)CCCC1. The van der Waals surface area contributed by atoms with Gasteiger partial charge in [-0.3, -0.25) is 4.79 Å². The molecular formula is C25H30ClNO3. The molecule has 1 unspecified atom stereocenters. The number of halogens is 1. The largest absolute Gasteiger partial charge is 0.383 e. The maximum Gasteiger partial charge on any atom is 0.230 e. The highest BCUT2D eigenvalue weighted by atomic mass is 35.5. The fourth-order valence-corrected chi connectivity index (χ4v) is 5.29. The molecule has 2 aromatic rings. The van der Waals surface area contributed by atoms with Crippen molar-refractivity contribution < 1.29 is 14.6 Å². The number of hydrogen-bond donors (Lipinski definition) is 2. The summed E-state index contributed by atoms with van der Waals surface area (Å²) in [4.78, 5) is 13.5. The number of benzene rings is 2. The van der Waals surface area contributed by atoms with Crippen LogP contribution in [0.25, 0.3) is 0 Å². The molecule has 1 amide bonds. The minimum absolute atomic E-state index is 0.00346. The van der Waals surface area contributed by atoms with Crippen LogP contribution in [0.2, 0.25) is 5.02 Å². The Bertz CT molecular complexity index is 842. The third kappa shape index (κ3) is 4.14. The van der Waals surface area contributed by atoms with Gasteiger partial charge in [-0.1, -0.05) is 66.9 Å². The first-order chi connectivity index (χ1) is 14.5. The van der Waals surface area contributed by atoms with Crippen LogP contribution in [0.4, 0.5) is 0 Å². The molecule has 1 saturated heterocycles. The molecule has 30 heavy (non-hydrogen) atoms. The minimum Gasteiger partial charge on any atom is -0.383 e. The Balaban J connectivity index is 1.58. The van der Waals surface area contributed by atoms with Crippen molar-refractivity contribution in [2.45, 2.75) is 49.5 Å². The molecule has 2 aliphatic rings. The Labute approximate surface area is 183 Å². The molecule has 0 bridgehead atoms. The van der Waals surface area contributed by atoms with Crippen molar-refractivity contribution >= 4 is 17.5 Å². The van der Waals surface area contributed by atoms with Gasteiger partial charge >= 0.3 is 0 Å². The van der Waals surface area contributed by atoms with Gasteiger partial charge in [0.05, 0.1) is 12.0 Å². The van der Waals surface area contributed by atoms with E-state index in [0.717, 1.165) is 49.7 Å². The van der Waals surface area contributed by atoms with Gasteiger partial charge in [0.1, 0.15) is 5.60 Å². The molecule has 1 aliphatic carbocycles. The first-order valence-corrected chi connectivity index (χ1v) is 11.3. The summed E-state index contributed by atoms with van der Waals surface area (Å²) in [5.41, 5.74) is 0.207. The van der Waals surface area contributed by atoms with Crippen molar-refractivity contribution in [3.63, 3.8) is 0 Å². The summed E-state index contributed by atoms with van der Waals surface area (Å²) < 4.78 is 5.51. The molecule has 0 radical (unpaired) electrons. The molecule has 0 aromatic heterocycles. The number of aliphatic hydroxyl groups is 1. The third-order valence-corrected chi connectivity index (χ3v) is 7.23. The highest BCUT2D eigenvalue weighted by Gasteiger charge is 2.45. The topological polar surface area (TPSA) is 58.6 Å². The van der Waals surface area contributed by atoms with Gasteiger partial charge in [-0.25, -0.2) is 0 Å². The van der Waals surface area contributed by atoms with Gasteiger partial charge in [0.25, 0.3) is 0 Å². The number of rotatable bonds is 6. The summed E-state index contributed by atoms with van der Waals surface area (Å²) in [6.07, 6.45) is 5.26. The van der Waals surface area contributed by atoms with E-state index in [2.05, 4.69) is 5.32 Å². The van der Waals surface area contributed by atoms with Gasteiger partial charge in [-0.15, -0.1) is 0 Å². The molecule has 0 spiro atoms. The fourth-order valence-electron chi connectivity index (χ4n) is 5.16. The van der Waals surface area contributed by atoms with Gasteiger partial charge in [-0.2, -0.15) is 0 Å². The van der Waals surface area contributed by atoms with Crippen molar-refractivity contribution in [3.05, 3.63) is 70.7 Å². The van der Waals surface area contributed by atoms with Crippen LogP contribution < -0.4 is 5.32 Å². The number of carbonyl (C=O) groups excluding carboxylic acids is 1. The van der Waals surface area contributed by atoms with Crippen molar-refractivity contribution in [2.75, 3.05) is 19.8 Å². The lowest BCUT2D eigenvalue weighted by Gasteiger charge is -2.40. The Kier molecular flexibility index (Phi) is 6.47. The van der Waals surface area contributed by atoms with E-state index in [1.54, 1.807) is 0 Å². The van der Waals surface area contributed by atoms with Gasteiger partial charge < -0.3 is 15.2 Å². The van der Waals surface area contributed by atoms with E-state index in [0.29, 0.717) is 18.2 Å². The number of amides is 1. The second kappa shape index (κ2) is 9.09. The zero-order valence-electron chi connectivity index (χ0n) is 17.3. The number of nitrogens with one attached hydrogen (secondary N) is 1. The lowest BCUT2D eigenvalue weighted by molar-refractivity contribution is -0.129. The monoisotopic (exact) mass is 427 g/mol. The third-order valence-electron chi connectivity index (χ3n) is 6.98. The maximum absolute atomic E-state index is 13.5. The standard InChI is InChI=1S/C25H30ClNO3/c26-22-10-8-19(9-11-22)24(14-4-5-15-24)23(28)27-18-25(29,20-6-2-1-3-7-20)21-12-16-30-17-13-21/h1-3,6-11,21,29H,4-5,12-18H2,(H,27,28). The first-order valence-electron chi connectivity index (χ1n) is 10.9. The zero-order chi connectivity index (χ0) is 21.0. The van der Waals surface area contributed by atoms with Crippen LogP contribution in [-0.2, 0) is 20.5 Å².